The lowest BCUT2D eigenvalue weighted by Gasteiger charge is -2.30. The molecule has 1 saturated carbocycles. The number of likely N-dealkylation sites (N-methyl/N-ethyl adjacent to an activating group) is 1. The van der Waals surface area contributed by atoms with Gasteiger partial charge in [0.2, 0.25) is 0 Å². The second-order valence-electron chi connectivity index (χ2n) is 7.60. The summed E-state index contributed by atoms with van der Waals surface area (Å²) in [6.07, 6.45) is 5.79. The van der Waals surface area contributed by atoms with E-state index in [9.17, 15) is 4.79 Å². The molecule has 27 heavy (non-hydrogen) atoms. The third-order valence-corrected chi connectivity index (χ3v) is 5.94. The molecule has 2 aliphatic rings. The Balaban J connectivity index is 1.37. The Hall–Kier alpha value is -3.09. The first-order valence-corrected chi connectivity index (χ1v) is 9.28. The van der Waals surface area contributed by atoms with Gasteiger partial charge >= 0.3 is 6.03 Å². The minimum absolute atomic E-state index is 0.0298. The lowest BCUT2D eigenvalue weighted by atomic mass is 9.99. The second kappa shape index (κ2) is 5.97. The fraction of sp³-hybridized carbons (Fsp3) is 0.350. The fourth-order valence-corrected chi connectivity index (χ4v) is 4.30. The van der Waals surface area contributed by atoms with E-state index >= 15 is 0 Å². The van der Waals surface area contributed by atoms with E-state index in [2.05, 4.69) is 32.2 Å². The number of benzene rings is 1. The molecule has 7 nitrogen and oxygen atoms in total. The zero-order valence-corrected chi connectivity index (χ0v) is 15.2. The minimum Gasteiger partial charge on any atom is -0.354 e. The van der Waals surface area contributed by atoms with Crippen LogP contribution in [0.3, 0.4) is 0 Å². The van der Waals surface area contributed by atoms with Gasteiger partial charge in [-0.05, 0) is 31.0 Å². The average Bonchev–Trinajstić information content (AvgIpc) is 3.13. The van der Waals surface area contributed by atoms with Crippen LogP contribution in [0, 0.1) is 5.41 Å². The quantitative estimate of drug-likeness (QED) is 0.751. The largest absolute Gasteiger partial charge is 0.354 e. The van der Waals surface area contributed by atoms with Crippen LogP contribution in [0.15, 0.2) is 48.9 Å². The van der Waals surface area contributed by atoms with E-state index in [1.54, 1.807) is 6.33 Å². The Morgan fingerprint density at radius 1 is 1.26 bits per heavy atom. The Bertz CT molecular complexity index is 980. The summed E-state index contributed by atoms with van der Waals surface area (Å²) in [6.45, 7) is 1.49. The fourth-order valence-electron chi connectivity index (χ4n) is 4.30. The van der Waals surface area contributed by atoms with E-state index in [4.69, 9.17) is 0 Å². The number of nitrogens with zero attached hydrogens (tertiary/aromatic N) is 4. The summed E-state index contributed by atoms with van der Waals surface area (Å²) < 4.78 is 0. The summed E-state index contributed by atoms with van der Waals surface area (Å²) in [7, 11) is 2.08. The number of anilines is 2. The number of carbonyl (C=O) groups excluding carboxylic acids is 1. The number of aromatic amines is 1. The molecule has 3 aromatic rings. The normalized spacial score (nSPS) is 20.2. The molecular formula is C20H22N6O. The minimum atomic E-state index is -0.0298. The maximum atomic E-state index is 12.8. The van der Waals surface area contributed by atoms with Crippen LogP contribution in [0.1, 0.15) is 12.8 Å². The Morgan fingerprint density at radius 3 is 2.85 bits per heavy atom. The van der Waals surface area contributed by atoms with E-state index in [1.807, 2.05) is 47.5 Å². The summed E-state index contributed by atoms with van der Waals surface area (Å²) in [5.74, 6) is 0.919. The molecule has 1 aliphatic heterocycles. The van der Waals surface area contributed by atoms with Gasteiger partial charge < -0.3 is 20.1 Å². The van der Waals surface area contributed by atoms with Crippen molar-refractivity contribution in [1.82, 2.24) is 19.9 Å². The number of likely N-dealkylation sites (tertiary alicyclic amines) is 1. The summed E-state index contributed by atoms with van der Waals surface area (Å²) in [5.41, 5.74) is 1.85. The van der Waals surface area contributed by atoms with Crippen LogP contribution in [-0.4, -0.2) is 52.1 Å². The zero-order chi connectivity index (χ0) is 18.4. The lowest BCUT2D eigenvalue weighted by molar-refractivity contribution is 0.220. The van der Waals surface area contributed by atoms with Crippen LogP contribution in [0.2, 0.25) is 0 Å². The van der Waals surface area contributed by atoms with Crippen LogP contribution in [0.5, 0.6) is 0 Å². The highest BCUT2D eigenvalue weighted by Crippen LogP contribution is 2.55. The summed E-state index contributed by atoms with van der Waals surface area (Å²) in [5, 5.41) is 4.03. The molecular weight excluding hydrogens is 340 g/mol. The molecule has 1 spiro atoms. The third kappa shape index (κ3) is 2.70. The van der Waals surface area contributed by atoms with Crippen LogP contribution >= 0.6 is 0 Å². The molecule has 3 heterocycles. The Labute approximate surface area is 157 Å². The van der Waals surface area contributed by atoms with Gasteiger partial charge in [0.25, 0.3) is 0 Å². The van der Waals surface area contributed by atoms with Gasteiger partial charge in [0.1, 0.15) is 17.8 Å². The van der Waals surface area contributed by atoms with Crippen molar-refractivity contribution in [2.45, 2.75) is 18.9 Å². The number of nitrogens with one attached hydrogen (secondary N) is 2. The number of hydrogen-bond acceptors (Lipinski definition) is 4. The molecule has 0 radical (unpaired) electrons. The molecule has 2 amide bonds. The average molecular weight is 362 g/mol. The Kier molecular flexibility index (Phi) is 3.56. The van der Waals surface area contributed by atoms with E-state index in [0.29, 0.717) is 6.54 Å². The monoisotopic (exact) mass is 362 g/mol. The van der Waals surface area contributed by atoms with Crippen LogP contribution in [-0.2, 0) is 0 Å². The van der Waals surface area contributed by atoms with E-state index in [-0.39, 0.29) is 17.5 Å². The highest BCUT2D eigenvalue weighted by Gasteiger charge is 2.57. The van der Waals surface area contributed by atoms with Crippen molar-refractivity contribution in [3.8, 4) is 0 Å². The summed E-state index contributed by atoms with van der Waals surface area (Å²) >= 11 is 0. The third-order valence-electron chi connectivity index (χ3n) is 5.94. The van der Waals surface area contributed by atoms with Gasteiger partial charge in [0.15, 0.2) is 0 Å². The molecule has 138 valence electrons. The van der Waals surface area contributed by atoms with Crippen molar-refractivity contribution < 1.29 is 4.79 Å². The van der Waals surface area contributed by atoms with E-state index in [1.165, 1.54) is 0 Å². The number of H-pyrrole nitrogens is 1. The van der Waals surface area contributed by atoms with Crippen molar-refractivity contribution in [3.63, 3.8) is 0 Å². The first-order valence-electron chi connectivity index (χ1n) is 9.28. The van der Waals surface area contributed by atoms with Gasteiger partial charge in [-0.3, -0.25) is 0 Å². The van der Waals surface area contributed by atoms with E-state index in [0.717, 1.165) is 41.9 Å². The Morgan fingerprint density at radius 2 is 2.07 bits per heavy atom. The number of hydrogen-bond donors (Lipinski definition) is 2. The molecule has 1 aromatic carbocycles. The van der Waals surface area contributed by atoms with Crippen LogP contribution in [0.4, 0.5) is 16.3 Å². The molecule has 1 aliphatic carbocycles. The van der Waals surface area contributed by atoms with E-state index < -0.39 is 0 Å². The summed E-state index contributed by atoms with van der Waals surface area (Å²) in [6, 6.07) is 11.9. The van der Waals surface area contributed by atoms with Crippen molar-refractivity contribution in [3.05, 3.63) is 48.9 Å². The maximum Gasteiger partial charge on any atom is 0.321 e. The predicted octanol–water partition coefficient (Wildman–Crippen LogP) is 3.09. The highest BCUT2D eigenvalue weighted by atomic mass is 16.2. The number of amides is 2. The number of fused-ring (bicyclic) bond motifs is 1. The predicted molar refractivity (Wildman–Crippen MR) is 105 cm³/mol. The standard InChI is InChI=1S/C20H22N6O/c1-25(18-15-7-10-21-17(15)22-13-23-18)16-11-26(12-20(16)8-9-20)19(27)24-14-5-3-2-4-6-14/h2-7,10,13,16H,8-9,11-12H2,1H3,(H,24,27)(H,21,22,23). The number of carbonyl (C=O) groups is 1. The molecule has 5 rings (SSSR count). The smallest absolute Gasteiger partial charge is 0.321 e. The number of aromatic nitrogens is 3. The molecule has 2 fully saturated rings. The van der Waals surface area contributed by atoms with Gasteiger partial charge in [-0.15, -0.1) is 0 Å². The first-order chi connectivity index (χ1) is 13.2. The molecule has 1 saturated heterocycles. The summed E-state index contributed by atoms with van der Waals surface area (Å²) in [4.78, 5) is 28.9. The SMILES string of the molecule is CN(c1ncnc2[nH]ccc12)C1CN(C(=O)Nc2ccccc2)CC12CC2. The van der Waals surface area contributed by atoms with Crippen molar-refractivity contribution in [2.75, 3.05) is 30.4 Å². The molecule has 1 atom stereocenters. The highest BCUT2D eigenvalue weighted by molar-refractivity contribution is 5.90. The van der Waals surface area contributed by atoms with Gasteiger partial charge in [-0.2, -0.15) is 0 Å². The maximum absolute atomic E-state index is 12.8. The van der Waals surface area contributed by atoms with Crippen LogP contribution in [0.25, 0.3) is 11.0 Å². The van der Waals surface area contributed by atoms with Crippen LogP contribution < -0.4 is 10.2 Å². The number of rotatable bonds is 3. The molecule has 2 N–H and O–H groups in total. The first kappa shape index (κ1) is 16.1. The molecule has 1 unspecified atom stereocenters. The van der Waals surface area contributed by atoms with Gasteiger partial charge in [0.05, 0.1) is 11.4 Å². The van der Waals surface area contributed by atoms with Gasteiger partial charge in [0, 0.05) is 37.4 Å². The number of para-hydroxylation sites is 1. The van der Waals surface area contributed by atoms with Gasteiger partial charge in [-0.1, -0.05) is 18.2 Å². The van der Waals surface area contributed by atoms with Crippen molar-refractivity contribution in [1.29, 1.82) is 0 Å². The molecule has 2 aromatic heterocycles. The van der Waals surface area contributed by atoms with Crippen molar-refractivity contribution in [2.24, 2.45) is 5.41 Å². The second-order valence-corrected chi connectivity index (χ2v) is 7.60. The van der Waals surface area contributed by atoms with Gasteiger partial charge in [-0.25, -0.2) is 14.8 Å². The number of urea groups is 1. The molecule has 7 heteroatoms. The topological polar surface area (TPSA) is 77.2 Å². The van der Waals surface area contributed by atoms with Crippen molar-refractivity contribution >= 4 is 28.6 Å². The zero-order valence-electron chi connectivity index (χ0n) is 15.2. The molecule has 0 bridgehead atoms. The lowest BCUT2D eigenvalue weighted by Crippen LogP contribution is -2.40.